The summed E-state index contributed by atoms with van der Waals surface area (Å²) in [7, 11) is 0. The first-order valence-corrected chi connectivity index (χ1v) is 5.64. The van der Waals surface area contributed by atoms with Gasteiger partial charge in [-0.3, -0.25) is 0 Å². The molecular weight excluding hydrogens is 243 g/mol. The van der Waals surface area contributed by atoms with Crippen LogP contribution in [0.2, 0.25) is 0 Å². The number of rotatable bonds is 2. The highest BCUT2D eigenvalue weighted by Crippen LogP contribution is 2.25. The van der Waals surface area contributed by atoms with Crippen LogP contribution >= 0.6 is 11.3 Å². The number of nitriles is 1. The fourth-order valence-corrected chi connectivity index (χ4v) is 2.18. The van der Waals surface area contributed by atoms with Gasteiger partial charge in [0.1, 0.15) is 11.9 Å². The number of carbonyl (C=O) groups is 1. The molecule has 0 radical (unpaired) electrons. The summed E-state index contributed by atoms with van der Waals surface area (Å²) in [5.41, 5.74) is 0.342. The summed E-state index contributed by atoms with van der Waals surface area (Å²) in [6.45, 7) is 1.95. The van der Waals surface area contributed by atoms with Crippen LogP contribution in [0.1, 0.15) is 22.3 Å². The predicted octanol–water partition coefficient (Wildman–Crippen LogP) is 2.48. The second-order valence-electron chi connectivity index (χ2n) is 3.15. The molecule has 0 saturated heterocycles. The molecule has 0 fully saturated rings. The van der Waals surface area contributed by atoms with Gasteiger partial charge in [0, 0.05) is 0 Å². The Kier molecular flexibility index (Phi) is 3.02. The third-order valence-electron chi connectivity index (χ3n) is 2.05. The Morgan fingerprint density at radius 3 is 3.06 bits per heavy atom. The largest absolute Gasteiger partial charge is 0.461 e. The lowest BCUT2D eigenvalue weighted by molar-refractivity contribution is 0.0526. The number of aromatic nitrogens is 1. The fourth-order valence-electron chi connectivity index (χ4n) is 1.31. The number of esters is 1. The van der Waals surface area contributed by atoms with Gasteiger partial charge in [-0.1, -0.05) is 0 Å². The molecule has 1 heterocycles. The quantitative estimate of drug-likeness (QED) is 0.768. The molecule has 17 heavy (non-hydrogen) atoms. The molecule has 0 aliphatic carbocycles. The summed E-state index contributed by atoms with van der Waals surface area (Å²) in [4.78, 5) is 15.4. The van der Waals surface area contributed by atoms with Gasteiger partial charge in [-0.2, -0.15) is 5.26 Å². The Morgan fingerprint density at radius 2 is 2.41 bits per heavy atom. The number of carbonyl (C=O) groups excluding carboxylic acids is 1. The molecule has 0 saturated carbocycles. The number of fused-ring (bicyclic) bond motifs is 1. The van der Waals surface area contributed by atoms with Crippen LogP contribution in [-0.2, 0) is 4.74 Å². The van der Waals surface area contributed by atoms with Gasteiger partial charge < -0.3 is 4.74 Å². The van der Waals surface area contributed by atoms with Crippen molar-refractivity contribution in [1.82, 2.24) is 4.98 Å². The molecule has 0 N–H and O–H groups in total. The average Bonchev–Trinajstić information content (AvgIpc) is 2.71. The molecular formula is C11H7FN2O2S. The molecule has 0 atom stereocenters. The van der Waals surface area contributed by atoms with Crippen LogP contribution in [0, 0.1) is 17.1 Å². The van der Waals surface area contributed by atoms with Gasteiger partial charge in [0.05, 0.1) is 22.4 Å². The zero-order chi connectivity index (χ0) is 12.4. The van der Waals surface area contributed by atoms with Crippen molar-refractivity contribution >= 4 is 27.5 Å². The third kappa shape index (κ3) is 2.10. The van der Waals surface area contributed by atoms with Crippen molar-refractivity contribution in [2.24, 2.45) is 0 Å². The highest BCUT2D eigenvalue weighted by molar-refractivity contribution is 7.20. The van der Waals surface area contributed by atoms with Crippen LogP contribution in [0.15, 0.2) is 12.1 Å². The maximum Gasteiger partial charge on any atom is 0.367 e. The normalized spacial score (nSPS) is 10.2. The number of nitrogens with zero attached hydrogens (tertiary/aromatic N) is 2. The van der Waals surface area contributed by atoms with Crippen molar-refractivity contribution in [3.63, 3.8) is 0 Å². The van der Waals surface area contributed by atoms with E-state index in [0.717, 1.165) is 11.3 Å². The highest BCUT2D eigenvalue weighted by atomic mass is 32.1. The number of ether oxygens (including phenoxy) is 1. The molecule has 0 aliphatic rings. The third-order valence-corrected chi connectivity index (χ3v) is 3.05. The molecule has 86 valence electrons. The first-order chi connectivity index (χ1) is 8.15. The fraction of sp³-hybridized carbons (Fsp3) is 0.182. The van der Waals surface area contributed by atoms with Crippen molar-refractivity contribution < 1.29 is 13.9 Å². The van der Waals surface area contributed by atoms with Gasteiger partial charge >= 0.3 is 5.97 Å². The van der Waals surface area contributed by atoms with Crippen LogP contribution in [0.3, 0.4) is 0 Å². The van der Waals surface area contributed by atoms with Crippen LogP contribution in [0.25, 0.3) is 10.2 Å². The minimum absolute atomic E-state index is 0.0850. The lowest BCUT2D eigenvalue weighted by Crippen LogP contribution is -2.03. The molecule has 4 nitrogen and oxygen atoms in total. The lowest BCUT2D eigenvalue weighted by Gasteiger charge is -1.94. The predicted molar refractivity (Wildman–Crippen MR) is 60.2 cm³/mol. The van der Waals surface area contributed by atoms with Crippen LogP contribution < -0.4 is 0 Å². The standard InChI is InChI=1S/C11H7FN2O2S/c1-2-16-11(15)10-14-8-3-6(5-13)7(12)4-9(8)17-10/h3-4H,2H2,1H3. The summed E-state index contributed by atoms with van der Waals surface area (Å²) in [5.74, 6) is -1.15. The van der Waals surface area contributed by atoms with E-state index in [1.165, 1.54) is 12.1 Å². The number of benzene rings is 1. The van der Waals surface area contributed by atoms with Crippen LogP contribution in [0.4, 0.5) is 4.39 Å². The second-order valence-corrected chi connectivity index (χ2v) is 4.18. The van der Waals surface area contributed by atoms with Gasteiger partial charge in [0.15, 0.2) is 0 Å². The monoisotopic (exact) mass is 250 g/mol. The highest BCUT2D eigenvalue weighted by Gasteiger charge is 2.15. The van der Waals surface area contributed by atoms with Crippen LogP contribution in [-0.4, -0.2) is 17.6 Å². The van der Waals surface area contributed by atoms with E-state index in [0.29, 0.717) is 10.2 Å². The van der Waals surface area contributed by atoms with E-state index < -0.39 is 11.8 Å². The zero-order valence-corrected chi connectivity index (χ0v) is 9.68. The Balaban J connectivity index is 2.51. The van der Waals surface area contributed by atoms with Gasteiger partial charge in [0.2, 0.25) is 5.01 Å². The molecule has 0 amide bonds. The molecule has 1 aromatic carbocycles. The summed E-state index contributed by atoms with van der Waals surface area (Å²) in [6, 6.07) is 4.25. The maximum atomic E-state index is 13.3. The summed E-state index contributed by atoms with van der Waals surface area (Å²) in [6.07, 6.45) is 0. The smallest absolute Gasteiger partial charge is 0.367 e. The second kappa shape index (κ2) is 4.47. The summed E-state index contributed by atoms with van der Waals surface area (Å²) < 4.78 is 18.6. The van der Waals surface area contributed by atoms with E-state index in [9.17, 15) is 9.18 Å². The van der Waals surface area contributed by atoms with E-state index in [2.05, 4.69) is 4.98 Å². The average molecular weight is 250 g/mol. The molecule has 0 bridgehead atoms. The Hall–Kier alpha value is -2.00. The number of hydrogen-bond donors (Lipinski definition) is 0. The van der Waals surface area contributed by atoms with E-state index in [1.807, 2.05) is 0 Å². The minimum atomic E-state index is -0.612. The molecule has 0 unspecified atom stereocenters. The van der Waals surface area contributed by atoms with E-state index in [4.69, 9.17) is 10.00 Å². The summed E-state index contributed by atoms with van der Waals surface area (Å²) in [5, 5.41) is 8.84. The van der Waals surface area contributed by atoms with Gasteiger partial charge in [-0.25, -0.2) is 14.2 Å². The SMILES string of the molecule is CCOC(=O)c1nc2cc(C#N)c(F)cc2s1. The Labute approximate surface area is 100 Å². The van der Waals surface area contributed by atoms with Crippen molar-refractivity contribution in [3.05, 3.63) is 28.5 Å². The van der Waals surface area contributed by atoms with Crippen molar-refractivity contribution in [1.29, 1.82) is 5.26 Å². The maximum absolute atomic E-state index is 13.3. The van der Waals surface area contributed by atoms with Crippen molar-refractivity contribution in [2.45, 2.75) is 6.92 Å². The van der Waals surface area contributed by atoms with Crippen LogP contribution in [0.5, 0.6) is 0 Å². The van der Waals surface area contributed by atoms with E-state index >= 15 is 0 Å². The zero-order valence-electron chi connectivity index (χ0n) is 8.86. The minimum Gasteiger partial charge on any atom is -0.461 e. The van der Waals surface area contributed by atoms with Crippen molar-refractivity contribution in [2.75, 3.05) is 6.61 Å². The topological polar surface area (TPSA) is 63.0 Å². The first-order valence-electron chi connectivity index (χ1n) is 4.83. The van der Waals surface area contributed by atoms with Crippen molar-refractivity contribution in [3.8, 4) is 6.07 Å². The van der Waals surface area contributed by atoms with E-state index in [-0.39, 0.29) is 17.2 Å². The molecule has 2 aromatic rings. The molecule has 2 rings (SSSR count). The Morgan fingerprint density at radius 1 is 1.65 bits per heavy atom. The molecule has 0 spiro atoms. The number of halogens is 1. The molecule has 1 aromatic heterocycles. The Bertz CT molecular complexity index is 630. The van der Waals surface area contributed by atoms with Gasteiger partial charge in [-0.05, 0) is 19.1 Å². The van der Waals surface area contributed by atoms with Gasteiger partial charge in [0.25, 0.3) is 0 Å². The van der Waals surface area contributed by atoms with E-state index in [1.54, 1.807) is 13.0 Å². The molecule has 0 aliphatic heterocycles. The molecule has 6 heteroatoms. The number of hydrogen-bond acceptors (Lipinski definition) is 5. The first kappa shape index (κ1) is 11.5. The van der Waals surface area contributed by atoms with Gasteiger partial charge in [-0.15, -0.1) is 11.3 Å². The summed E-state index contributed by atoms with van der Waals surface area (Å²) >= 11 is 1.04. The lowest BCUT2D eigenvalue weighted by atomic mass is 10.2. The number of thiazole rings is 1.